The molecule has 17 heavy (non-hydrogen) atoms. The fourth-order valence-electron chi connectivity index (χ4n) is 1.64. The zero-order valence-corrected chi connectivity index (χ0v) is 9.21. The van der Waals surface area contributed by atoms with Gasteiger partial charge in [0.15, 0.2) is 0 Å². The number of aromatic nitrogens is 2. The van der Waals surface area contributed by atoms with Gasteiger partial charge in [-0.15, -0.1) is 0 Å². The van der Waals surface area contributed by atoms with E-state index in [4.69, 9.17) is 0 Å². The first-order valence-electron chi connectivity index (χ1n) is 5.04. The van der Waals surface area contributed by atoms with Crippen molar-refractivity contribution in [2.75, 3.05) is 12.4 Å². The molecule has 0 saturated heterocycles. The molecule has 0 aliphatic heterocycles. The molecule has 2 aromatic heterocycles. The van der Waals surface area contributed by atoms with Crippen LogP contribution in [0.2, 0.25) is 0 Å². The molecule has 2 heterocycles. The Bertz CT molecular complexity index is 541. The lowest BCUT2D eigenvalue weighted by Crippen LogP contribution is -2.06. The second-order valence-electron chi connectivity index (χ2n) is 3.37. The highest BCUT2D eigenvalue weighted by atomic mass is 16.4. The minimum absolute atomic E-state index is 0.168. The molecule has 0 saturated carbocycles. The third-order valence-corrected chi connectivity index (χ3v) is 2.39. The number of carboxylic acid groups (broad SMARTS) is 1. The highest BCUT2D eigenvalue weighted by Crippen LogP contribution is 2.26. The largest absolute Gasteiger partial charge is 0.478 e. The molecule has 0 aromatic carbocycles. The number of nitrogens with one attached hydrogen (secondary N) is 1. The average molecular weight is 229 g/mol. The van der Waals surface area contributed by atoms with Gasteiger partial charge in [-0.3, -0.25) is 4.98 Å². The van der Waals surface area contributed by atoms with Crippen LogP contribution in [0.3, 0.4) is 0 Å². The Hall–Kier alpha value is -2.43. The van der Waals surface area contributed by atoms with Crippen molar-refractivity contribution in [2.24, 2.45) is 0 Å². The van der Waals surface area contributed by atoms with E-state index in [1.54, 1.807) is 43.8 Å². The van der Waals surface area contributed by atoms with E-state index in [-0.39, 0.29) is 5.56 Å². The van der Waals surface area contributed by atoms with Crippen molar-refractivity contribution in [3.63, 3.8) is 0 Å². The molecular formula is C12H11N3O2. The molecular weight excluding hydrogens is 218 g/mol. The van der Waals surface area contributed by atoms with Gasteiger partial charge in [-0.05, 0) is 23.8 Å². The molecule has 0 radical (unpaired) electrons. The summed E-state index contributed by atoms with van der Waals surface area (Å²) in [6, 6.07) is 5.21. The summed E-state index contributed by atoms with van der Waals surface area (Å²) in [5, 5.41) is 12.0. The third-order valence-electron chi connectivity index (χ3n) is 2.39. The second kappa shape index (κ2) is 4.61. The third kappa shape index (κ3) is 2.08. The molecule has 86 valence electrons. The highest BCUT2D eigenvalue weighted by molar-refractivity contribution is 6.00. The van der Waals surface area contributed by atoms with Crippen LogP contribution in [0.5, 0.6) is 0 Å². The molecule has 0 spiro atoms. The molecule has 0 aliphatic rings. The summed E-state index contributed by atoms with van der Waals surface area (Å²) in [5.74, 6) is -0.652. The van der Waals surface area contributed by atoms with E-state index >= 15 is 0 Å². The van der Waals surface area contributed by atoms with E-state index < -0.39 is 5.97 Å². The number of carboxylic acids is 1. The molecule has 0 amide bonds. The summed E-state index contributed by atoms with van der Waals surface area (Å²) in [4.78, 5) is 19.2. The summed E-state index contributed by atoms with van der Waals surface area (Å²) in [6.45, 7) is 0. The van der Waals surface area contributed by atoms with Gasteiger partial charge in [0.2, 0.25) is 0 Å². The van der Waals surface area contributed by atoms with Crippen LogP contribution >= 0.6 is 0 Å². The number of carbonyl (C=O) groups is 1. The van der Waals surface area contributed by atoms with Gasteiger partial charge < -0.3 is 10.4 Å². The molecule has 2 rings (SSSR count). The van der Waals surface area contributed by atoms with Crippen molar-refractivity contribution in [1.29, 1.82) is 0 Å². The topological polar surface area (TPSA) is 75.1 Å². The van der Waals surface area contributed by atoms with Crippen molar-refractivity contribution in [2.45, 2.75) is 0 Å². The Labute approximate surface area is 98.2 Å². The molecule has 0 fully saturated rings. The van der Waals surface area contributed by atoms with Crippen LogP contribution in [0, 0.1) is 0 Å². The molecule has 2 N–H and O–H groups in total. The number of nitrogens with zero attached hydrogens (tertiary/aromatic N) is 2. The molecule has 0 bridgehead atoms. The first kappa shape index (κ1) is 11.1. The lowest BCUT2D eigenvalue weighted by atomic mass is 10.0. The minimum atomic E-state index is -1.01. The second-order valence-corrected chi connectivity index (χ2v) is 3.37. The lowest BCUT2D eigenvalue weighted by Gasteiger charge is -2.09. The predicted molar refractivity (Wildman–Crippen MR) is 64.0 cm³/mol. The standard InChI is InChI=1S/C12H11N3O2/c1-13-11-10(12(16)17)9(4-7-15-11)8-2-5-14-6-3-8/h2-7H,1H3,(H,13,15)(H,16,17). The predicted octanol–water partition coefficient (Wildman–Crippen LogP) is 1.88. The Kier molecular flexibility index (Phi) is 3.00. The van der Waals surface area contributed by atoms with Crippen LogP contribution in [-0.2, 0) is 0 Å². The highest BCUT2D eigenvalue weighted by Gasteiger charge is 2.16. The first-order valence-corrected chi connectivity index (χ1v) is 5.04. The zero-order chi connectivity index (χ0) is 12.3. The van der Waals surface area contributed by atoms with Gasteiger partial charge in [-0.25, -0.2) is 9.78 Å². The summed E-state index contributed by atoms with van der Waals surface area (Å²) in [5.41, 5.74) is 1.59. The van der Waals surface area contributed by atoms with Crippen LogP contribution in [0.25, 0.3) is 11.1 Å². The Morgan fingerprint density at radius 2 is 1.94 bits per heavy atom. The van der Waals surface area contributed by atoms with E-state index in [1.807, 2.05) is 0 Å². The quantitative estimate of drug-likeness (QED) is 0.840. The van der Waals surface area contributed by atoms with Gasteiger partial charge in [0.1, 0.15) is 11.4 Å². The fraction of sp³-hybridized carbons (Fsp3) is 0.0833. The number of anilines is 1. The van der Waals surface area contributed by atoms with Gasteiger partial charge >= 0.3 is 5.97 Å². The number of hydrogen-bond acceptors (Lipinski definition) is 4. The molecule has 5 nitrogen and oxygen atoms in total. The van der Waals surface area contributed by atoms with Crippen LogP contribution < -0.4 is 5.32 Å². The summed E-state index contributed by atoms with van der Waals surface area (Å²) in [6.07, 6.45) is 4.83. The molecule has 0 atom stereocenters. The molecule has 0 aliphatic carbocycles. The van der Waals surface area contributed by atoms with E-state index in [9.17, 15) is 9.90 Å². The van der Waals surface area contributed by atoms with Gasteiger partial charge in [-0.2, -0.15) is 0 Å². The average Bonchev–Trinajstić information content (AvgIpc) is 2.38. The summed E-state index contributed by atoms with van der Waals surface area (Å²) >= 11 is 0. The van der Waals surface area contributed by atoms with Crippen molar-refractivity contribution in [3.05, 3.63) is 42.4 Å². The maximum absolute atomic E-state index is 11.3. The Morgan fingerprint density at radius 1 is 1.24 bits per heavy atom. The SMILES string of the molecule is CNc1nccc(-c2ccncc2)c1C(=O)O. The zero-order valence-electron chi connectivity index (χ0n) is 9.21. The first-order chi connectivity index (χ1) is 8.24. The van der Waals surface area contributed by atoms with Crippen molar-refractivity contribution in [3.8, 4) is 11.1 Å². The van der Waals surface area contributed by atoms with Crippen LogP contribution in [0.15, 0.2) is 36.8 Å². The maximum Gasteiger partial charge on any atom is 0.340 e. The van der Waals surface area contributed by atoms with E-state index in [1.165, 1.54) is 0 Å². The minimum Gasteiger partial charge on any atom is -0.478 e. The van der Waals surface area contributed by atoms with E-state index in [0.29, 0.717) is 11.4 Å². The molecule has 5 heteroatoms. The van der Waals surface area contributed by atoms with Gasteiger partial charge in [0, 0.05) is 31.2 Å². The van der Waals surface area contributed by atoms with Crippen molar-refractivity contribution >= 4 is 11.8 Å². The number of pyridine rings is 2. The van der Waals surface area contributed by atoms with Crippen LogP contribution in [0.1, 0.15) is 10.4 Å². The number of hydrogen-bond donors (Lipinski definition) is 2. The van der Waals surface area contributed by atoms with Gasteiger partial charge in [-0.1, -0.05) is 0 Å². The number of rotatable bonds is 3. The van der Waals surface area contributed by atoms with Crippen molar-refractivity contribution in [1.82, 2.24) is 9.97 Å². The van der Waals surface area contributed by atoms with E-state index in [2.05, 4.69) is 15.3 Å². The van der Waals surface area contributed by atoms with Crippen LogP contribution in [0.4, 0.5) is 5.82 Å². The smallest absolute Gasteiger partial charge is 0.340 e. The van der Waals surface area contributed by atoms with Crippen molar-refractivity contribution < 1.29 is 9.90 Å². The molecule has 0 unspecified atom stereocenters. The Morgan fingerprint density at radius 3 is 2.53 bits per heavy atom. The van der Waals surface area contributed by atoms with Gasteiger partial charge in [0.25, 0.3) is 0 Å². The normalized spacial score (nSPS) is 9.94. The lowest BCUT2D eigenvalue weighted by molar-refractivity contribution is 0.0698. The number of aromatic carboxylic acids is 1. The van der Waals surface area contributed by atoms with Gasteiger partial charge in [0.05, 0.1) is 0 Å². The summed E-state index contributed by atoms with van der Waals surface area (Å²) in [7, 11) is 1.64. The summed E-state index contributed by atoms with van der Waals surface area (Å²) < 4.78 is 0. The van der Waals surface area contributed by atoms with E-state index in [0.717, 1.165) is 5.56 Å². The fourth-order valence-corrected chi connectivity index (χ4v) is 1.64. The van der Waals surface area contributed by atoms with Crippen LogP contribution in [-0.4, -0.2) is 28.1 Å². The maximum atomic E-state index is 11.3. The molecule has 2 aromatic rings. The monoisotopic (exact) mass is 229 g/mol. The Balaban J connectivity index is 2.66.